The molecule has 0 N–H and O–H groups in total. The molecule has 4 rings (SSSR count). The molecule has 1 fully saturated rings. The molecule has 2 aromatic heterocycles. The fourth-order valence-corrected chi connectivity index (χ4v) is 4.07. The number of benzene rings is 1. The highest BCUT2D eigenvalue weighted by Gasteiger charge is 2.24. The molecule has 1 saturated heterocycles. The number of carbonyl (C=O) groups excluding carboxylic acids is 1. The Morgan fingerprint density at radius 3 is 2.69 bits per heavy atom. The zero-order valence-corrected chi connectivity index (χ0v) is 15.3. The lowest BCUT2D eigenvalue weighted by Gasteiger charge is -2.32. The molecule has 0 atom stereocenters. The minimum absolute atomic E-state index is 0.174. The number of hydrogen-bond donors (Lipinski definition) is 0. The number of aryl methyl sites for hydroxylation is 1. The van der Waals surface area contributed by atoms with Crippen LogP contribution in [0.2, 0.25) is 0 Å². The number of piperidine rings is 1. The lowest BCUT2D eigenvalue weighted by molar-refractivity contribution is -0.132. The van der Waals surface area contributed by atoms with Crippen molar-refractivity contribution >= 4 is 17.2 Å². The summed E-state index contributed by atoms with van der Waals surface area (Å²) in [5.41, 5.74) is 1.38. The van der Waals surface area contributed by atoms with Gasteiger partial charge in [0.05, 0.1) is 4.88 Å². The van der Waals surface area contributed by atoms with E-state index in [9.17, 15) is 4.79 Å². The maximum absolute atomic E-state index is 12.5. The van der Waals surface area contributed by atoms with E-state index in [-0.39, 0.29) is 5.91 Å². The highest BCUT2D eigenvalue weighted by molar-refractivity contribution is 7.13. The molecule has 5 nitrogen and oxygen atoms in total. The molecule has 0 bridgehead atoms. The third kappa shape index (κ3) is 3.85. The molecule has 26 heavy (non-hydrogen) atoms. The van der Waals surface area contributed by atoms with Gasteiger partial charge in [0.1, 0.15) is 0 Å². The van der Waals surface area contributed by atoms with E-state index in [0.717, 1.165) is 30.8 Å². The normalized spacial score (nSPS) is 15.3. The third-order valence-electron chi connectivity index (χ3n) is 4.88. The summed E-state index contributed by atoms with van der Waals surface area (Å²) in [4.78, 5) is 19.8. The summed E-state index contributed by atoms with van der Waals surface area (Å²) in [6.07, 6.45) is 2.97. The Labute approximate surface area is 156 Å². The molecule has 0 aliphatic carbocycles. The van der Waals surface area contributed by atoms with Gasteiger partial charge in [0.2, 0.25) is 17.6 Å². The number of thiophene rings is 1. The number of nitrogens with zero attached hydrogens (tertiary/aromatic N) is 3. The van der Waals surface area contributed by atoms with Crippen LogP contribution in [-0.4, -0.2) is 34.0 Å². The van der Waals surface area contributed by atoms with Gasteiger partial charge in [-0.05, 0) is 35.8 Å². The second-order valence-electron chi connectivity index (χ2n) is 6.55. The van der Waals surface area contributed by atoms with Crippen LogP contribution in [0.15, 0.2) is 52.4 Å². The average Bonchev–Trinajstić information content (AvgIpc) is 3.38. The zero-order chi connectivity index (χ0) is 17.8. The lowest BCUT2D eigenvalue weighted by Crippen LogP contribution is -2.38. The molecular formula is C20H21N3O2S. The van der Waals surface area contributed by atoms with Gasteiger partial charge >= 0.3 is 0 Å². The van der Waals surface area contributed by atoms with E-state index in [1.54, 1.807) is 11.3 Å². The second-order valence-corrected chi connectivity index (χ2v) is 7.50. The van der Waals surface area contributed by atoms with Crippen molar-refractivity contribution in [1.29, 1.82) is 0 Å². The lowest BCUT2D eigenvalue weighted by atomic mass is 9.89. The largest absolute Gasteiger partial charge is 0.343 e. The molecule has 1 amide bonds. The van der Waals surface area contributed by atoms with E-state index in [0.29, 0.717) is 30.5 Å². The fraction of sp³-hybridized carbons (Fsp3) is 0.350. The van der Waals surface area contributed by atoms with E-state index < -0.39 is 0 Å². The fourth-order valence-electron chi connectivity index (χ4n) is 3.42. The molecule has 1 aromatic carbocycles. The first-order valence-corrected chi connectivity index (χ1v) is 9.87. The van der Waals surface area contributed by atoms with Gasteiger partial charge in [-0.1, -0.05) is 41.6 Å². The van der Waals surface area contributed by atoms with Crippen LogP contribution in [0.1, 0.15) is 36.6 Å². The van der Waals surface area contributed by atoms with Crippen molar-refractivity contribution in [3.8, 4) is 10.7 Å². The minimum atomic E-state index is 0.174. The molecule has 0 unspecified atom stereocenters. The van der Waals surface area contributed by atoms with Gasteiger partial charge in [-0.15, -0.1) is 11.3 Å². The van der Waals surface area contributed by atoms with Crippen LogP contribution < -0.4 is 0 Å². The van der Waals surface area contributed by atoms with Gasteiger partial charge in [-0.3, -0.25) is 4.79 Å². The van der Waals surface area contributed by atoms with Gasteiger partial charge < -0.3 is 9.42 Å². The van der Waals surface area contributed by atoms with Gasteiger partial charge in [0.15, 0.2) is 0 Å². The first-order valence-electron chi connectivity index (χ1n) is 8.99. The van der Waals surface area contributed by atoms with Gasteiger partial charge in [-0.25, -0.2) is 0 Å². The first kappa shape index (κ1) is 17.0. The molecule has 6 heteroatoms. The van der Waals surface area contributed by atoms with E-state index in [2.05, 4.69) is 34.4 Å². The van der Waals surface area contributed by atoms with Gasteiger partial charge in [-0.2, -0.15) is 4.98 Å². The van der Waals surface area contributed by atoms with E-state index in [4.69, 9.17) is 4.52 Å². The number of rotatable bonds is 5. The highest BCUT2D eigenvalue weighted by Crippen LogP contribution is 2.28. The standard InChI is InChI=1S/C20H21N3O2S/c24-19(9-8-18-21-20(22-25-18)17-7-4-14-26-17)23-12-10-16(11-13-23)15-5-2-1-3-6-15/h1-7,14,16H,8-13H2. The molecule has 1 aliphatic rings. The molecule has 0 spiro atoms. The summed E-state index contributed by atoms with van der Waals surface area (Å²) in [5, 5.41) is 5.97. The van der Waals surface area contributed by atoms with Gasteiger partial charge in [0.25, 0.3) is 0 Å². The van der Waals surface area contributed by atoms with Crippen LogP contribution in [0.4, 0.5) is 0 Å². The third-order valence-corrected chi connectivity index (χ3v) is 5.75. The van der Waals surface area contributed by atoms with Crippen LogP contribution in [-0.2, 0) is 11.2 Å². The summed E-state index contributed by atoms with van der Waals surface area (Å²) in [6, 6.07) is 14.5. The highest BCUT2D eigenvalue weighted by atomic mass is 32.1. The number of hydrogen-bond acceptors (Lipinski definition) is 5. The van der Waals surface area contributed by atoms with Crippen molar-refractivity contribution in [2.24, 2.45) is 0 Å². The SMILES string of the molecule is O=C(CCc1nc(-c2cccs2)no1)N1CCC(c2ccccc2)CC1. The number of aromatic nitrogens is 2. The Hall–Kier alpha value is -2.47. The van der Waals surface area contributed by atoms with E-state index >= 15 is 0 Å². The zero-order valence-electron chi connectivity index (χ0n) is 14.5. The Morgan fingerprint density at radius 2 is 1.96 bits per heavy atom. The number of likely N-dealkylation sites (tertiary alicyclic amines) is 1. The van der Waals surface area contributed by atoms with E-state index in [1.807, 2.05) is 28.5 Å². The van der Waals surface area contributed by atoms with Crippen molar-refractivity contribution in [1.82, 2.24) is 15.0 Å². The molecular weight excluding hydrogens is 346 g/mol. The van der Waals surface area contributed by atoms with Crippen LogP contribution in [0.5, 0.6) is 0 Å². The summed E-state index contributed by atoms with van der Waals surface area (Å²) < 4.78 is 5.28. The summed E-state index contributed by atoms with van der Waals surface area (Å²) >= 11 is 1.57. The van der Waals surface area contributed by atoms with Crippen LogP contribution >= 0.6 is 11.3 Å². The number of amides is 1. The Balaban J connectivity index is 1.27. The average molecular weight is 367 g/mol. The topological polar surface area (TPSA) is 59.2 Å². The molecule has 0 saturated carbocycles. The van der Waals surface area contributed by atoms with Crippen molar-refractivity contribution in [2.45, 2.75) is 31.6 Å². The minimum Gasteiger partial charge on any atom is -0.343 e. The first-order chi connectivity index (χ1) is 12.8. The summed E-state index contributed by atoms with van der Waals surface area (Å²) in [6.45, 7) is 1.64. The monoisotopic (exact) mass is 367 g/mol. The molecule has 3 heterocycles. The molecule has 134 valence electrons. The van der Waals surface area contributed by atoms with Crippen molar-refractivity contribution in [2.75, 3.05) is 13.1 Å². The van der Waals surface area contributed by atoms with Crippen molar-refractivity contribution < 1.29 is 9.32 Å². The van der Waals surface area contributed by atoms with E-state index in [1.165, 1.54) is 5.56 Å². The summed E-state index contributed by atoms with van der Waals surface area (Å²) in [5.74, 6) is 1.86. The van der Waals surface area contributed by atoms with Crippen LogP contribution in [0.3, 0.4) is 0 Å². The Morgan fingerprint density at radius 1 is 1.15 bits per heavy atom. The Bertz CT molecular complexity index is 837. The van der Waals surface area contributed by atoms with Crippen LogP contribution in [0, 0.1) is 0 Å². The predicted octanol–water partition coefficient (Wildman–Crippen LogP) is 4.14. The van der Waals surface area contributed by atoms with Crippen LogP contribution in [0.25, 0.3) is 10.7 Å². The van der Waals surface area contributed by atoms with Gasteiger partial charge in [0, 0.05) is 25.9 Å². The number of carbonyl (C=O) groups is 1. The smallest absolute Gasteiger partial charge is 0.227 e. The maximum Gasteiger partial charge on any atom is 0.227 e. The molecule has 1 aliphatic heterocycles. The molecule has 0 radical (unpaired) electrons. The maximum atomic E-state index is 12.5. The van der Waals surface area contributed by atoms with Crippen molar-refractivity contribution in [3.05, 3.63) is 59.3 Å². The Kier molecular flexibility index (Phi) is 5.11. The predicted molar refractivity (Wildman–Crippen MR) is 101 cm³/mol. The quantitative estimate of drug-likeness (QED) is 0.680. The van der Waals surface area contributed by atoms with Crippen molar-refractivity contribution in [3.63, 3.8) is 0 Å². The second kappa shape index (κ2) is 7.83. The summed E-state index contributed by atoms with van der Waals surface area (Å²) in [7, 11) is 0. The molecule has 3 aromatic rings.